The lowest BCUT2D eigenvalue weighted by Crippen LogP contribution is -2.59. The number of fused-ring (bicyclic) bond motifs is 1. The fourth-order valence-corrected chi connectivity index (χ4v) is 8.85. The van der Waals surface area contributed by atoms with Gasteiger partial charge >= 0.3 is 6.03 Å². The van der Waals surface area contributed by atoms with E-state index >= 15 is 4.79 Å². The number of methoxy groups -OCH3 is 2. The largest absolute Gasteiger partial charge is 0.497 e. The molecule has 3 aliphatic rings. The molecule has 6 rings (SSSR count). The first kappa shape index (κ1) is 35.7. The van der Waals surface area contributed by atoms with Gasteiger partial charge in [0.1, 0.15) is 16.4 Å². The predicted molar refractivity (Wildman–Crippen MR) is 189 cm³/mol. The second-order valence-corrected chi connectivity index (χ2v) is 15.0. The number of carbonyl (C=O) groups excluding carboxylic acids is 2. The number of piperidine rings is 1. The molecule has 3 amide bonds. The number of aromatic nitrogens is 1. The summed E-state index contributed by atoms with van der Waals surface area (Å²) < 4.78 is 46.6. The Morgan fingerprint density at radius 1 is 1.00 bits per heavy atom. The third kappa shape index (κ3) is 6.34. The van der Waals surface area contributed by atoms with Crippen molar-refractivity contribution in [1.82, 2.24) is 25.0 Å². The predicted octanol–water partition coefficient (Wildman–Crippen LogP) is 3.86. The number of nitrogens with zero attached hydrogens (tertiary/aromatic N) is 5. The van der Waals surface area contributed by atoms with Gasteiger partial charge in [-0.3, -0.25) is 9.69 Å². The minimum atomic E-state index is -4.66. The lowest BCUT2D eigenvalue weighted by Gasteiger charge is -2.42. The SMILES string of the molecule is CCOc1ncc(C)cc1C1(NC(=O)N2CCC(N3CCN(C)CC3)CC2)C(=O)N(S(=O)(=O)c2ccc(OC)cc2OC)c2ccc(Cl)cc21. The van der Waals surface area contributed by atoms with Crippen LogP contribution >= 0.6 is 11.6 Å². The summed E-state index contributed by atoms with van der Waals surface area (Å²) in [5.41, 5.74) is -1.04. The van der Waals surface area contributed by atoms with E-state index in [2.05, 4.69) is 27.1 Å². The zero-order chi connectivity index (χ0) is 35.8. The zero-order valence-corrected chi connectivity index (χ0v) is 30.5. The second kappa shape index (κ2) is 14.3. The monoisotopic (exact) mass is 726 g/mol. The molecule has 0 spiro atoms. The molecule has 0 saturated carbocycles. The molecule has 13 nitrogen and oxygen atoms in total. The van der Waals surface area contributed by atoms with E-state index in [1.54, 1.807) is 31.0 Å². The van der Waals surface area contributed by atoms with Crippen LogP contribution in [0.1, 0.15) is 36.5 Å². The molecule has 0 aliphatic carbocycles. The third-order valence-electron chi connectivity index (χ3n) is 9.75. The second-order valence-electron chi connectivity index (χ2n) is 12.8. The van der Waals surface area contributed by atoms with E-state index in [9.17, 15) is 13.2 Å². The molecule has 4 heterocycles. The van der Waals surface area contributed by atoms with Gasteiger partial charge in [0.2, 0.25) is 5.88 Å². The van der Waals surface area contributed by atoms with Crippen molar-refractivity contribution >= 4 is 39.2 Å². The van der Waals surface area contributed by atoms with Gasteiger partial charge in [-0.1, -0.05) is 11.6 Å². The molecule has 0 radical (unpaired) electrons. The molecule has 2 saturated heterocycles. The van der Waals surface area contributed by atoms with Crippen LogP contribution in [0.5, 0.6) is 17.4 Å². The van der Waals surface area contributed by atoms with Crippen molar-refractivity contribution < 1.29 is 32.2 Å². The molecule has 268 valence electrons. The Balaban J connectivity index is 1.45. The van der Waals surface area contributed by atoms with Gasteiger partial charge in [0.15, 0.2) is 5.54 Å². The summed E-state index contributed by atoms with van der Waals surface area (Å²) in [5.74, 6) is -0.523. The van der Waals surface area contributed by atoms with Gasteiger partial charge < -0.3 is 29.3 Å². The molecule has 2 aromatic carbocycles. The van der Waals surface area contributed by atoms with E-state index in [0.717, 1.165) is 39.0 Å². The highest BCUT2D eigenvalue weighted by atomic mass is 35.5. The summed E-state index contributed by atoms with van der Waals surface area (Å²) in [6.45, 7) is 8.65. The smallest absolute Gasteiger partial charge is 0.318 e. The molecule has 1 N–H and O–H groups in total. The number of amides is 3. The lowest BCUT2D eigenvalue weighted by molar-refractivity contribution is -0.121. The van der Waals surface area contributed by atoms with Crippen molar-refractivity contribution in [3.63, 3.8) is 0 Å². The van der Waals surface area contributed by atoms with E-state index in [4.69, 9.17) is 25.8 Å². The highest BCUT2D eigenvalue weighted by Gasteiger charge is 2.59. The minimum Gasteiger partial charge on any atom is -0.497 e. The first-order valence-electron chi connectivity index (χ1n) is 16.7. The Bertz CT molecular complexity index is 1880. The number of anilines is 1. The van der Waals surface area contributed by atoms with Crippen LogP contribution in [0, 0.1) is 6.92 Å². The first-order valence-corrected chi connectivity index (χ1v) is 18.5. The Morgan fingerprint density at radius 3 is 2.38 bits per heavy atom. The topological polar surface area (TPSA) is 134 Å². The van der Waals surface area contributed by atoms with Crippen molar-refractivity contribution in [1.29, 1.82) is 0 Å². The average molecular weight is 727 g/mol. The van der Waals surface area contributed by atoms with E-state index < -0.39 is 27.5 Å². The Hall–Kier alpha value is -4.11. The number of carbonyl (C=O) groups is 2. The zero-order valence-electron chi connectivity index (χ0n) is 28.9. The normalized spacial score (nSPS) is 20.5. The summed E-state index contributed by atoms with van der Waals surface area (Å²) in [7, 11) is 0.246. The third-order valence-corrected chi connectivity index (χ3v) is 11.7. The molecule has 1 unspecified atom stereocenters. The number of aryl methyl sites for hydroxylation is 1. The maximum atomic E-state index is 15.2. The van der Waals surface area contributed by atoms with Crippen LogP contribution in [-0.2, 0) is 20.4 Å². The van der Waals surface area contributed by atoms with Crippen molar-refractivity contribution in [3.05, 3.63) is 70.4 Å². The molecule has 15 heteroatoms. The number of rotatable bonds is 9. The van der Waals surface area contributed by atoms with E-state index in [1.807, 2.05) is 0 Å². The maximum Gasteiger partial charge on any atom is 0.318 e. The summed E-state index contributed by atoms with van der Waals surface area (Å²) in [6.07, 6.45) is 3.13. The minimum absolute atomic E-state index is 0.0234. The number of sulfonamides is 1. The Morgan fingerprint density at radius 2 is 1.72 bits per heavy atom. The van der Waals surface area contributed by atoms with Gasteiger partial charge in [-0.25, -0.2) is 18.2 Å². The van der Waals surface area contributed by atoms with Crippen LogP contribution in [0.4, 0.5) is 10.5 Å². The summed E-state index contributed by atoms with van der Waals surface area (Å²) >= 11 is 6.57. The van der Waals surface area contributed by atoms with Crippen LogP contribution in [0.3, 0.4) is 0 Å². The van der Waals surface area contributed by atoms with Gasteiger partial charge in [-0.2, -0.15) is 4.31 Å². The fourth-order valence-electron chi connectivity index (χ4n) is 7.07. The summed E-state index contributed by atoms with van der Waals surface area (Å²) in [4.78, 5) is 40.3. The van der Waals surface area contributed by atoms with Crippen LogP contribution < -0.4 is 23.8 Å². The average Bonchev–Trinajstić information content (AvgIpc) is 3.36. The number of hydrogen-bond donors (Lipinski definition) is 1. The number of likely N-dealkylation sites (N-methyl/N-ethyl adjacent to an activating group) is 1. The molecule has 1 atom stereocenters. The van der Waals surface area contributed by atoms with Crippen molar-refractivity contribution in [3.8, 4) is 17.4 Å². The Labute approximate surface area is 298 Å². The number of benzene rings is 2. The summed E-state index contributed by atoms with van der Waals surface area (Å²) in [5, 5.41) is 3.26. The highest BCUT2D eigenvalue weighted by molar-refractivity contribution is 7.93. The molecule has 2 fully saturated rings. The van der Waals surface area contributed by atoms with Crippen LogP contribution in [0.2, 0.25) is 5.02 Å². The van der Waals surface area contributed by atoms with Gasteiger partial charge in [0.05, 0.1) is 32.1 Å². The van der Waals surface area contributed by atoms with Crippen molar-refractivity contribution in [2.45, 2.75) is 43.2 Å². The Kier molecular flexibility index (Phi) is 10.2. The van der Waals surface area contributed by atoms with Crippen LogP contribution in [-0.4, -0.2) is 113 Å². The molecule has 50 heavy (non-hydrogen) atoms. The number of piperazine rings is 1. The number of nitrogens with one attached hydrogen (secondary N) is 1. The number of likely N-dealkylation sites (tertiary alicyclic amines) is 1. The number of pyridine rings is 1. The maximum absolute atomic E-state index is 15.2. The number of hydrogen-bond acceptors (Lipinski definition) is 10. The van der Waals surface area contributed by atoms with E-state index in [1.165, 1.54) is 50.6 Å². The number of halogens is 1. The molecule has 3 aromatic rings. The fraction of sp³-hybridized carbons (Fsp3) is 0.457. The van der Waals surface area contributed by atoms with Gasteiger partial charge in [0.25, 0.3) is 15.9 Å². The van der Waals surface area contributed by atoms with Crippen LogP contribution in [0.15, 0.2) is 53.6 Å². The number of urea groups is 1. The molecular formula is C35H43ClN6O7S. The number of ether oxygens (including phenoxy) is 3. The van der Waals surface area contributed by atoms with Gasteiger partial charge in [-0.05, 0) is 75.7 Å². The molecular weight excluding hydrogens is 684 g/mol. The van der Waals surface area contributed by atoms with Crippen molar-refractivity contribution in [2.24, 2.45) is 0 Å². The highest BCUT2D eigenvalue weighted by Crippen LogP contribution is 2.50. The quantitative estimate of drug-likeness (QED) is 0.347. The molecule has 3 aliphatic heterocycles. The van der Waals surface area contributed by atoms with E-state index in [0.29, 0.717) is 34.7 Å². The molecule has 1 aromatic heterocycles. The van der Waals surface area contributed by atoms with E-state index in [-0.39, 0.29) is 45.0 Å². The standard InChI is InChI=1S/C35H43ClN6O7S/c1-6-49-32-28(19-23(2)22-37-32)35(38-34(44)41-13-11-25(12-14-41)40-17-15-39(3)16-18-40)27-20-24(36)7-9-29(27)42(33(35)43)50(45,46)31-10-8-26(47-4)21-30(31)48-5/h7-10,19-22,25H,6,11-18H2,1-5H3,(H,38,44). The van der Waals surface area contributed by atoms with Gasteiger partial charge in [-0.15, -0.1) is 0 Å². The van der Waals surface area contributed by atoms with Gasteiger partial charge in [0, 0.05) is 68.2 Å². The molecule has 0 bridgehead atoms. The first-order chi connectivity index (χ1) is 23.9. The van der Waals surface area contributed by atoms with Crippen LogP contribution in [0.25, 0.3) is 0 Å². The van der Waals surface area contributed by atoms with Crippen molar-refractivity contribution in [2.75, 3.05) is 71.4 Å². The lowest BCUT2D eigenvalue weighted by atomic mass is 9.83. The summed E-state index contributed by atoms with van der Waals surface area (Å²) in [6, 6.07) is 10.2.